The van der Waals surface area contributed by atoms with Crippen molar-refractivity contribution in [1.29, 1.82) is 0 Å². The van der Waals surface area contributed by atoms with Crippen molar-refractivity contribution in [2.45, 2.75) is 16.9 Å². The van der Waals surface area contributed by atoms with Crippen LogP contribution in [-0.2, 0) is 5.75 Å². The van der Waals surface area contributed by atoms with Gasteiger partial charge in [0.1, 0.15) is 0 Å². The highest BCUT2D eigenvalue weighted by atomic mass is 32.2. The average molecular weight is 220 g/mol. The second-order valence-electron chi connectivity index (χ2n) is 3.21. The van der Waals surface area contributed by atoms with Crippen molar-refractivity contribution in [3.8, 4) is 0 Å². The van der Waals surface area contributed by atoms with Crippen LogP contribution in [0.1, 0.15) is 11.1 Å². The van der Waals surface area contributed by atoms with Crippen LogP contribution in [0.15, 0.2) is 46.0 Å². The van der Waals surface area contributed by atoms with E-state index in [0.29, 0.717) is 0 Å². The molecule has 0 spiro atoms. The van der Waals surface area contributed by atoms with Gasteiger partial charge in [0.25, 0.3) is 0 Å². The Balaban J connectivity index is 1.95. The Labute approximate surface area is 93.0 Å². The van der Waals surface area contributed by atoms with E-state index in [1.165, 1.54) is 15.3 Å². The van der Waals surface area contributed by atoms with Crippen molar-refractivity contribution in [3.05, 3.63) is 52.9 Å². The normalized spacial score (nSPS) is 10.4. The molecular weight excluding hydrogens is 208 g/mol. The summed E-state index contributed by atoms with van der Waals surface area (Å²) in [5, 5.41) is 2.12. The number of thiophene rings is 1. The van der Waals surface area contributed by atoms with Crippen molar-refractivity contribution >= 4 is 23.1 Å². The average Bonchev–Trinajstić information content (AvgIpc) is 2.70. The lowest BCUT2D eigenvalue weighted by Crippen LogP contribution is -1.79. The van der Waals surface area contributed by atoms with Crippen LogP contribution in [0.25, 0.3) is 0 Å². The van der Waals surface area contributed by atoms with Gasteiger partial charge in [0.2, 0.25) is 0 Å². The number of hydrogen-bond donors (Lipinski definition) is 0. The molecule has 0 saturated carbocycles. The Bertz CT molecular complexity index is 373. The third kappa shape index (κ3) is 2.63. The Kier molecular flexibility index (Phi) is 3.27. The summed E-state index contributed by atoms with van der Waals surface area (Å²) in [4.78, 5) is 0. The van der Waals surface area contributed by atoms with E-state index < -0.39 is 0 Å². The lowest BCUT2D eigenvalue weighted by Gasteiger charge is -1.99. The van der Waals surface area contributed by atoms with Gasteiger partial charge < -0.3 is 0 Å². The molecule has 1 heterocycles. The molecule has 0 aliphatic heterocycles. The molecule has 2 heteroatoms. The molecule has 0 amide bonds. The van der Waals surface area contributed by atoms with Crippen LogP contribution in [0.5, 0.6) is 0 Å². The molecule has 1 aromatic heterocycles. The van der Waals surface area contributed by atoms with Gasteiger partial charge in [0, 0.05) is 5.75 Å². The Hall–Kier alpha value is -0.730. The zero-order chi connectivity index (χ0) is 9.80. The number of benzene rings is 1. The van der Waals surface area contributed by atoms with Gasteiger partial charge in [-0.05, 0) is 23.9 Å². The van der Waals surface area contributed by atoms with Crippen molar-refractivity contribution in [1.82, 2.24) is 0 Å². The molecule has 14 heavy (non-hydrogen) atoms. The van der Waals surface area contributed by atoms with Gasteiger partial charge in [0.05, 0.1) is 4.21 Å². The summed E-state index contributed by atoms with van der Waals surface area (Å²) in [6.07, 6.45) is 0. The smallest absolute Gasteiger partial charge is 0.0601 e. The fourth-order valence-electron chi connectivity index (χ4n) is 1.18. The van der Waals surface area contributed by atoms with E-state index in [0.717, 1.165) is 5.75 Å². The van der Waals surface area contributed by atoms with Gasteiger partial charge in [-0.2, -0.15) is 0 Å². The molecule has 0 nitrogen and oxygen atoms in total. The molecule has 0 aliphatic carbocycles. The summed E-state index contributed by atoms with van der Waals surface area (Å²) in [6, 6.07) is 13.0. The highest BCUT2D eigenvalue weighted by molar-refractivity contribution is 8.00. The van der Waals surface area contributed by atoms with Gasteiger partial charge in [0.15, 0.2) is 0 Å². The topological polar surface area (TPSA) is 0 Å². The lowest BCUT2D eigenvalue weighted by molar-refractivity contribution is 1.36. The van der Waals surface area contributed by atoms with Crippen molar-refractivity contribution in [3.63, 3.8) is 0 Å². The maximum atomic E-state index is 2.20. The molecule has 2 rings (SSSR count). The van der Waals surface area contributed by atoms with E-state index in [-0.39, 0.29) is 0 Å². The minimum absolute atomic E-state index is 1.07. The summed E-state index contributed by atoms with van der Waals surface area (Å²) < 4.78 is 1.39. The zero-order valence-corrected chi connectivity index (χ0v) is 9.70. The minimum atomic E-state index is 1.07. The van der Waals surface area contributed by atoms with E-state index in [9.17, 15) is 0 Å². The van der Waals surface area contributed by atoms with Crippen molar-refractivity contribution in [2.75, 3.05) is 0 Å². The van der Waals surface area contributed by atoms with Gasteiger partial charge in [-0.25, -0.2) is 0 Å². The first-order valence-corrected chi connectivity index (χ1v) is 6.43. The summed E-state index contributed by atoms with van der Waals surface area (Å²) in [5.41, 5.74) is 2.73. The number of rotatable bonds is 3. The van der Waals surface area contributed by atoms with Crippen LogP contribution in [0.3, 0.4) is 0 Å². The van der Waals surface area contributed by atoms with Crippen molar-refractivity contribution in [2.24, 2.45) is 0 Å². The predicted molar refractivity (Wildman–Crippen MR) is 65.1 cm³/mol. The minimum Gasteiger partial charge on any atom is -0.137 e. The molecule has 0 bridgehead atoms. The fraction of sp³-hybridized carbons (Fsp3) is 0.167. The van der Waals surface area contributed by atoms with Crippen molar-refractivity contribution < 1.29 is 0 Å². The van der Waals surface area contributed by atoms with E-state index in [2.05, 4.69) is 48.7 Å². The van der Waals surface area contributed by atoms with Crippen LogP contribution in [-0.4, -0.2) is 0 Å². The highest BCUT2D eigenvalue weighted by Crippen LogP contribution is 2.26. The van der Waals surface area contributed by atoms with Gasteiger partial charge in [-0.3, -0.25) is 0 Å². The van der Waals surface area contributed by atoms with E-state index in [1.54, 1.807) is 0 Å². The molecule has 0 atom stereocenters. The molecule has 0 fully saturated rings. The monoisotopic (exact) mass is 220 g/mol. The van der Waals surface area contributed by atoms with Crippen LogP contribution in [0.2, 0.25) is 0 Å². The molecule has 2 aromatic rings. The third-order valence-electron chi connectivity index (χ3n) is 2.00. The molecule has 0 radical (unpaired) electrons. The van der Waals surface area contributed by atoms with E-state index >= 15 is 0 Å². The first kappa shape index (κ1) is 9.81. The molecule has 0 aliphatic rings. The standard InChI is InChI=1S/C12H12S2/c1-10-4-6-11(7-5-10)9-14-12-3-2-8-13-12/h2-8H,9H2,1H3. The Morgan fingerprint density at radius 2 is 1.93 bits per heavy atom. The zero-order valence-electron chi connectivity index (χ0n) is 8.07. The molecule has 0 unspecified atom stereocenters. The largest absolute Gasteiger partial charge is 0.137 e. The SMILES string of the molecule is Cc1ccc(CSc2cccs2)cc1. The first-order valence-electron chi connectivity index (χ1n) is 4.56. The third-order valence-corrected chi connectivity index (χ3v) is 4.20. The highest BCUT2D eigenvalue weighted by Gasteiger charge is 1.96. The second-order valence-corrected chi connectivity index (χ2v) is 5.43. The summed E-state index contributed by atoms with van der Waals surface area (Å²) in [6.45, 7) is 2.12. The molecule has 72 valence electrons. The van der Waals surface area contributed by atoms with Crippen LogP contribution < -0.4 is 0 Å². The maximum absolute atomic E-state index is 2.20. The number of hydrogen-bond acceptors (Lipinski definition) is 2. The van der Waals surface area contributed by atoms with Gasteiger partial charge >= 0.3 is 0 Å². The number of thioether (sulfide) groups is 1. The predicted octanol–water partition coefficient (Wildman–Crippen LogP) is 4.35. The number of aryl methyl sites for hydroxylation is 1. The van der Waals surface area contributed by atoms with E-state index in [4.69, 9.17) is 0 Å². The maximum Gasteiger partial charge on any atom is 0.0601 e. The molecule has 0 saturated heterocycles. The van der Waals surface area contributed by atoms with E-state index in [1.807, 2.05) is 23.1 Å². The molecule has 1 aromatic carbocycles. The van der Waals surface area contributed by atoms with Crippen LogP contribution >= 0.6 is 23.1 Å². The molecular formula is C12H12S2. The van der Waals surface area contributed by atoms with Crippen LogP contribution in [0.4, 0.5) is 0 Å². The summed E-state index contributed by atoms with van der Waals surface area (Å²) in [5.74, 6) is 1.07. The quantitative estimate of drug-likeness (QED) is 0.693. The van der Waals surface area contributed by atoms with Gasteiger partial charge in [-0.15, -0.1) is 23.1 Å². The molecule has 0 N–H and O–H groups in total. The van der Waals surface area contributed by atoms with Crippen LogP contribution in [0, 0.1) is 6.92 Å². The van der Waals surface area contributed by atoms with Gasteiger partial charge in [-0.1, -0.05) is 35.9 Å². The fourth-order valence-corrected chi connectivity index (χ4v) is 2.92. The lowest BCUT2D eigenvalue weighted by atomic mass is 10.2. The summed E-state index contributed by atoms with van der Waals surface area (Å²) in [7, 11) is 0. The summed E-state index contributed by atoms with van der Waals surface area (Å²) >= 11 is 3.71. The second kappa shape index (κ2) is 4.67. The Morgan fingerprint density at radius 1 is 1.14 bits per heavy atom. The first-order chi connectivity index (χ1) is 6.84. The Morgan fingerprint density at radius 3 is 2.57 bits per heavy atom.